The van der Waals surface area contributed by atoms with Gasteiger partial charge in [0.05, 0.1) is 10.0 Å². The summed E-state index contributed by atoms with van der Waals surface area (Å²) in [5.74, 6) is 1.19. The standard InChI is InChI=1S/C14H14BrCl2N3/c1-3-18-13-11(16)7-12(17)14(20-13)19-10-5-8(2)4-9(15)6-10/h4-7H,3H2,1-2H3,(H2,18,19,20). The van der Waals surface area contributed by atoms with E-state index in [4.69, 9.17) is 23.2 Å². The lowest BCUT2D eigenvalue weighted by Crippen LogP contribution is -2.03. The lowest BCUT2D eigenvalue weighted by Gasteiger charge is -2.12. The van der Waals surface area contributed by atoms with Crippen LogP contribution in [0.25, 0.3) is 0 Å². The summed E-state index contributed by atoms with van der Waals surface area (Å²) >= 11 is 15.7. The lowest BCUT2D eigenvalue weighted by molar-refractivity contribution is 1.16. The van der Waals surface area contributed by atoms with Crippen molar-refractivity contribution in [2.24, 2.45) is 0 Å². The molecule has 0 fully saturated rings. The maximum atomic E-state index is 6.18. The molecule has 0 radical (unpaired) electrons. The molecular formula is C14H14BrCl2N3. The Morgan fingerprint density at radius 2 is 1.80 bits per heavy atom. The Balaban J connectivity index is 2.34. The minimum atomic E-state index is 0.481. The predicted molar refractivity (Wildman–Crippen MR) is 90.6 cm³/mol. The first-order valence-electron chi connectivity index (χ1n) is 6.13. The highest BCUT2D eigenvalue weighted by Crippen LogP contribution is 2.31. The second-order valence-electron chi connectivity index (χ2n) is 4.32. The summed E-state index contributed by atoms with van der Waals surface area (Å²) in [6.07, 6.45) is 0. The maximum Gasteiger partial charge on any atom is 0.151 e. The molecule has 2 rings (SSSR count). The molecule has 2 N–H and O–H groups in total. The molecule has 0 aliphatic heterocycles. The van der Waals surface area contributed by atoms with Crippen molar-refractivity contribution in [1.82, 2.24) is 4.98 Å². The summed E-state index contributed by atoms with van der Waals surface area (Å²) in [5, 5.41) is 7.30. The van der Waals surface area contributed by atoms with E-state index in [9.17, 15) is 0 Å². The van der Waals surface area contributed by atoms with Crippen LogP contribution in [0.3, 0.4) is 0 Å². The average Bonchev–Trinajstić information content (AvgIpc) is 2.34. The number of hydrogen-bond acceptors (Lipinski definition) is 3. The summed E-state index contributed by atoms with van der Waals surface area (Å²) < 4.78 is 0.997. The van der Waals surface area contributed by atoms with Crippen LogP contribution in [0.1, 0.15) is 12.5 Å². The van der Waals surface area contributed by atoms with E-state index >= 15 is 0 Å². The number of benzene rings is 1. The first-order chi connectivity index (χ1) is 9.49. The highest BCUT2D eigenvalue weighted by Gasteiger charge is 2.09. The topological polar surface area (TPSA) is 37.0 Å². The molecule has 1 aromatic carbocycles. The van der Waals surface area contributed by atoms with E-state index in [2.05, 4.69) is 31.5 Å². The zero-order valence-corrected chi connectivity index (χ0v) is 14.2. The number of anilines is 3. The fraction of sp³-hybridized carbons (Fsp3) is 0.214. The molecule has 0 spiro atoms. The van der Waals surface area contributed by atoms with E-state index in [0.29, 0.717) is 21.7 Å². The van der Waals surface area contributed by atoms with Crippen LogP contribution in [0.15, 0.2) is 28.7 Å². The van der Waals surface area contributed by atoms with Crippen molar-refractivity contribution in [1.29, 1.82) is 0 Å². The van der Waals surface area contributed by atoms with Gasteiger partial charge in [-0.05, 0) is 43.7 Å². The van der Waals surface area contributed by atoms with Gasteiger partial charge >= 0.3 is 0 Å². The SMILES string of the molecule is CCNc1nc(Nc2cc(C)cc(Br)c2)c(Cl)cc1Cl. The van der Waals surface area contributed by atoms with Crippen molar-refractivity contribution in [3.05, 3.63) is 44.3 Å². The molecule has 0 aliphatic rings. The van der Waals surface area contributed by atoms with Gasteiger partial charge in [0.15, 0.2) is 5.82 Å². The van der Waals surface area contributed by atoms with Crippen LogP contribution in [0.5, 0.6) is 0 Å². The molecule has 3 nitrogen and oxygen atoms in total. The minimum absolute atomic E-state index is 0.481. The van der Waals surface area contributed by atoms with E-state index < -0.39 is 0 Å². The van der Waals surface area contributed by atoms with Crippen LogP contribution in [0.2, 0.25) is 10.0 Å². The van der Waals surface area contributed by atoms with Crippen molar-refractivity contribution in [3.63, 3.8) is 0 Å². The Morgan fingerprint density at radius 3 is 2.45 bits per heavy atom. The third-order valence-corrected chi connectivity index (χ3v) is 3.61. The molecule has 106 valence electrons. The third kappa shape index (κ3) is 3.78. The van der Waals surface area contributed by atoms with Gasteiger partial charge < -0.3 is 10.6 Å². The van der Waals surface area contributed by atoms with E-state index in [0.717, 1.165) is 22.3 Å². The Kier molecular flexibility index (Phi) is 5.13. The number of nitrogens with zero attached hydrogens (tertiary/aromatic N) is 1. The molecular weight excluding hydrogens is 361 g/mol. The van der Waals surface area contributed by atoms with Gasteiger partial charge in [-0.2, -0.15) is 0 Å². The zero-order valence-electron chi connectivity index (χ0n) is 11.1. The molecule has 0 saturated carbocycles. The van der Waals surface area contributed by atoms with Crippen LogP contribution < -0.4 is 10.6 Å². The van der Waals surface area contributed by atoms with E-state index in [1.807, 2.05) is 32.0 Å². The quantitative estimate of drug-likeness (QED) is 0.727. The molecule has 0 saturated heterocycles. The van der Waals surface area contributed by atoms with Crippen molar-refractivity contribution >= 4 is 56.5 Å². The number of rotatable bonds is 4. The molecule has 0 bridgehead atoms. The summed E-state index contributed by atoms with van der Waals surface area (Å²) in [6.45, 7) is 4.75. The first-order valence-corrected chi connectivity index (χ1v) is 7.68. The minimum Gasteiger partial charge on any atom is -0.369 e. The van der Waals surface area contributed by atoms with Gasteiger partial charge in [-0.3, -0.25) is 0 Å². The summed E-state index contributed by atoms with van der Waals surface area (Å²) in [4.78, 5) is 4.41. The van der Waals surface area contributed by atoms with Crippen LogP contribution in [-0.4, -0.2) is 11.5 Å². The molecule has 6 heteroatoms. The Morgan fingerprint density at radius 1 is 1.10 bits per heavy atom. The second kappa shape index (κ2) is 6.66. The molecule has 0 amide bonds. The zero-order chi connectivity index (χ0) is 14.7. The number of hydrogen-bond donors (Lipinski definition) is 2. The molecule has 1 heterocycles. The van der Waals surface area contributed by atoms with E-state index in [-0.39, 0.29) is 0 Å². The fourth-order valence-electron chi connectivity index (χ4n) is 1.79. The third-order valence-electron chi connectivity index (χ3n) is 2.58. The first kappa shape index (κ1) is 15.4. The predicted octanol–water partition coefficient (Wildman–Crippen LogP) is 5.63. The van der Waals surface area contributed by atoms with Crippen molar-refractivity contribution in [2.75, 3.05) is 17.2 Å². The average molecular weight is 375 g/mol. The molecule has 0 unspecified atom stereocenters. The van der Waals surface area contributed by atoms with Crippen LogP contribution in [0.4, 0.5) is 17.3 Å². The van der Waals surface area contributed by atoms with E-state index in [1.54, 1.807) is 6.07 Å². The molecule has 0 atom stereocenters. The van der Waals surface area contributed by atoms with Gasteiger partial charge in [-0.1, -0.05) is 39.1 Å². The van der Waals surface area contributed by atoms with Crippen LogP contribution >= 0.6 is 39.1 Å². The van der Waals surface area contributed by atoms with Gasteiger partial charge in [-0.15, -0.1) is 0 Å². The van der Waals surface area contributed by atoms with Crippen molar-refractivity contribution in [2.45, 2.75) is 13.8 Å². The normalized spacial score (nSPS) is 10.4. The monoisotopic (exact) mass is 373 g/mol. The van der Waals surface area contributed by atoms with E-state index in [1.165, 1.54) is 0 Å². The van der Waals surface area contributed by atoms with Crippen LogP contribution in [-0.2, 0) is 0 Å². The van der Waals surface area contributed by atoms with Crippen LogP contribution in [0, 0.1) is 6.92 Å². The summed E-state index contributed by atoms with van der Waals surface area (Å²) in [7, 11) is 0. The Labute approximate surface area is 136 Å². The fourth-order valence-corrected chi connectivity index (χ4v) is 2.87. The number of pyridine rings is 1. The number of nitrogens with one attached hydrogen (secondary N) is 2. The highest BCUT2D eigenvalue weighted by atomic mass is 79.9. The van der Waals surface area contributed by atoms with Gasteiger partial charge in [0.1, 0.15) is 5.82 Å². The number of aryl methyl sites for hydroxylation is 1. The number of halogens is 3. The summed E-state index contributed by atoms with van der Waals surface area (Å²) in [6, 6.07) is 7.70. The molecule has 20 heavy (non-hydrogen) atoms. The Hall–Kier alpha value is -0.970. The smallest absolute Gasteiger partial charge is 0.151 e. The second-order valence-corrected chi connectivity index (χ2v) is 6.05. The van der Waals surface area contributed by atoms with Gasteiger partial charge in [0.25, 0.3) is 0 Å². The van der Waals surface area contributed by atoms with Crippen molar-refractivity contribution in [3.8, 4) is 0 Å². The molecule has 1 aromatic heterocycles. The van der Waals surface area contributed by atoms with Gasteiger partial charge in [0, 0.05) is 16.7 Å². The summed E-state index contributed by atoms with van der Waals surface area (Å²) in [5.41, 5.74) is 2.05. The molecule has 2 aromatic rings. The van der Waals surface area contributed by atoms with Gasteiger partial charge in [-0.25, -0.2) is 4.98 Å². The maximum absolute atomic E-state index is 6.18. The van der Waals surface area contributed by atoms with Gasteiger partial charge in [0.2, 0.25) is 0 Å². The van der Waals surface area contributed by atoms with Crippen molar-refractivity contribution < 1.29 is 0 Å². The molecule has 0 aliphatic carbocycles. The highest BCUT2D eigenvalue weighted by molar-refractivity contribution is 9.10. The largest absolute Gasteiger partial charge is 0.369 e. The lowest BCUT2D eigenvalue weighted by atomic mass is 10.2. The number of aromatic nitrogens is 1. The Bertz CT molecular complexity index is 612.